The zero-order valence-corrected chi connectivity index (χ0v) is 10.6. The van der Waals surface area contributed by atoms with Crippen molar-refractivity contribution in [2.45, 2.75) is 39.7 Å². The third-order valence-electron chi connectivity index (χ3n) is 2.63. The topological polar surface area (TPSA) is 35.2 Å². The highest BCUT2D eigenvalue weighted by atomic mass is 16.5. The van der Waals surface area contributed by atoms with E-state index in [2.05, 4.69) is 26.8 Å². The Morgan fingerprint density at radius 2 is 1.88 bits per heavy atom. The summed E-state index contributed by atoms with van der Waals surface area (Å²) >= 11 is 0. The van der Waals surface area contributed by atoms with E-state index >= 15 is 0 Å². The summed E-state index contributed by atoms with van der Waals surface area (Å²) in [6.45, 7) is 7.32. The van der Waals surface area contributed by atoms with E-state index in [4.69, 9.17) is 10.5 Å². The summed E-state index contributed by atoms with van der Waals surface area (Å²) in [6, 6.07) is 7.98. The summed E-state index contributed by atoms with van der Waals surface area (Å²) in [7, 11) is 0. The van der Waals surface area contributed by atoms with Crippen LogP contribution in [0.3, 0.4) is 0 Å². The number of para-hydroxylation sites is 1. The lowest BCUT2D eigenvalue weighted by molar-refractivity contribution is 0.0542. The summed E-state index contributed by atoms with van der Waals surface area (Å²) in [4.78, 5) is 0. The molecule has 16 heavy (non-hydrogen) atoms. The molecule has 1 aromatic rings. The van der Waals surface area contributed by atoms with E-state index in [-0.39, 0.29) is 0 Å². The van der Waals surface area contributed by atoms with Crippen LogP contribution in [0.1, 0.15) is 32.8 Å². The largest absolute Gasteiger partial charge is 0.399 e. The SMILES string of the molecule is CC(C)CC(C)OCCc1ccccc1N. The van der Waals surface area contributed by atoms with Crippen LogP contribution in [-0.2, 0) is 11.2 Å². The first kappa shape index (κ1) is 13.0. The number of hydrogen-bond donors (Lipinski definition) is 1. The van der Waals surface area contributed by atoms with E-state index in [0.29, 0.717) is 12.0 Å². The Hall–Kier alpha value is -1.02. The van der Waals surface area contributed by atoms with Crippen LogP contribution < -0.4 is 5.73 Å². The summed E-state index contributed by atoms with van der Waals surface area (Å²) in [6.07, 6.45) is 2.35. The molecule has 0 aliphatic carbocycles. The summed E-state index contributed by atoms with van der Waals surface area (Å²) in [5, 5.41) is 0. The average Bonchev–Trinajstić information content (AvgIpc) is 2.19. The van der Waals surface area contributed by atoms with Gasteiger partial charge in [0, 0.05) is 5.69 Å². The molecule has 2 N–H and O–H groups in total. The minimum Gasteiger partial charge on any atom is -0.399 e. The van der Waals surface area contributed by atoms with Gasteiger partial charge in [0.2, 0.25) is 0 Å². The number of anilines is 1. The number of benzene rings is 1. The van der Waals surface area contributed by atoms with E-state index in [0.717, 1.165) is 25.1 Å². The van der Waals surface area contributed by atoms with Crippen molar-refractivity contribution in [3.8, 4) is 0 Å². The van der Waals surface area contributed by atoms with Gasteiger partial charge >= 0.3 is 0 Å². The molecule has 0 aromatic heterocycles. The van der Waals surface area contributed by atoms with E-state index in [1.165, 1.54) is 5.56 Å². The number of nitrogens with two attached hydrogens (primary N) is 1. The Morgan fingerprint density at radius 3 is 2.50 bits per heavy atom. The third kappa shape index (κ3) is 4.67. The molecule has 0 saturated heterocycles. The minimum atomic E-state index is 0.338. The number of rotatable bonds is 6. The van der Waals surface area contributed by atoms with Crippen LogP contribution in [0.2, 0.25) is 0 Å². The van der Waals surface area contributed by atoms with Gasteiger partial charge in [-0.3, -0.25) is 0 Å². The Morgan fingerprint density at radius 1 is 1.19 bits per heavy atom. The van der Waals surface area contributed by atoms with Gasteiger partial charge in [-0.15, -0.1) is 0 Å². The van der Waals surface area contributed by atoms with Crippen LogP contribution in [0.5, 0.6) is 0 Å². The molecule has 0 aliphatic heterocycles. The van der Waals surface area contributed by atoms with Crippen LogP contribution in [0.4, 0.5) is 5.69 Å². The number of ether oxygens (including phenoxy) is 1. The quantitative estimate of drug-likeness (QED) is 0.748. The van der Waals surface area contributed by atoms with E-state index in [1.807, 2.05) is 18.2 Å². The van der Waals surface area contributed by atoms with Crippen molar-refractivity contribution in [3.05, 3.63) is 29.8 Å². The standard InChI is InChI=1S/C14H23NO/c1-11(2)10-12(3)16-9-8-13-6-4-5-7-14(13)15/h4-7,11-12H,8-10,15H2,1-3H3. The van der Waals surface area contributed by atoms with Crippen LogP contribution in [0.25, 0.3) is 0 Å². The fourth-order valence-electron chi connectivity index (χ4n) is 1.86. The fourth-order valence-corrected chi connectivity index (χ4v) is 1.86. The Kier molecular flexibility index (Phi) is 5.33. The number of nitrogen functional groups attached to an aromatic ring is 1. The molecule has 0 heterocycles. The average molecular weight is 221 g/mol. The van der Waals surface area contributed by atoms with Gasteiger partial charge in [0.05, 0.1) is 12.7 Å². The van der Waals surface area contributed by atoms with Gasteiger partial charge in [-0.1, -0.05) is 32.0 Å². The highest BCUT2D eigenvalue weighted by molar-refractivity contribution is 5.46. The fraction of sp³-hybridized carbons (Fsp3) is 0.571. The summed E-state index contributed by atoms with van der Waals surface area (Å²) in [5.41, 5.74) is 7.91. The van der Waals surface area contributed by atoms with Gasteiger partial charge < -0.3 is 10.5 Å². The van der Waals surface area contributed by atoms with Crippen LogP contribution in [0, 0.1) is 5.92 Å². The predicted octanol–water partition coefficient (Wildman–Crippen LogP) is 3.26. The van der Waals surface area contributed by atoms with Crippen molar-refractivity contribution in [3.63, 3.8) is 0 Å². The zero-order valence-electron chi connectivity index (χ0n) is 10.6. The first-order valence-corrected chi connectivity index (χ1v) is 6.04. The second kappa shape index (κ2) is 6.54. The van der Waals surface area contributed by atoms with E-state index < -0.39 is 0 Å². The molecule has 1 aromatic carbocycles. The Bertz CT molecular complexity index is 309. The van der Waals surface area contributed by atoms with Gasteiger partial charge in [0.25, 0.3) is 0 Å². The molecular formula is C14H23NO. The molecule has 2 heteroatoms. The summed E-state index contributed by atoms with van der Waals surface area (Å²) < 4.78 is 5.76. The lowest BCUT2D eigenvalue weighted by atomic mass is 10.1. The van der Waals surface area contributed by atoms with Gasteiger partial charge in [-0.25, -0.2) is 0 Å². The van der Waals surface area contributed by atoms with Crippen molar-refractivity contribution in [2.75, 3.05) is 12.3 Å². The summed E-state index contributed by atoms with van der Waals surface area (Å²) in [5.74, 6) is 0.691. The maximum absolute atomic E-state index is 5.86. The first-order valence-electron chi connectivity index (χ1n) is 6.04. The highest BCUT2D eigenvalue weighted by Gasteiger charge is 2.05. The van der Waals surface area contributed by atoms with Gasteiger partial charge in [0.1, 0.15) is 0 Å². The molecule has 0 fully saturated rings. The second-order valence-electron chi connectivity index (χ2n) is 4.76. The molecule has 1 rings (SSSR count). The molecule has 0 saturated carbocycles. The molecule has 2 nitrogen and oxygen atoms in total. The molecule has 0 amide bonds. The van der Waals surface area contributed by atoms with Crippen molar-refractivity contribution in [1.29, 1.82) is 0 Å². The monoisotopic (exact) mass is 221 g/mol. The van der Waals surface area contributed by atoms with E-state index in [1.54, 1.807) is 0 Å². The Balaban J connectivity index is 2.28. The molecule has 0 aliphatic rings. The zero-order chi connectivity index (χ0) is 12.0. The Labute approximate surface area is 98.8 Å². The lowest BCUT2D eigenvalue weighted by Gasteiger charge is -2.15. The van der Waals surface area contributed by atoms with Crippen molar-refractivity contribution in [2.24, 2.45) is 5.92 Å². The van der Waals surface area contributed by atoms with Gasteiger partial charge in [0.15, 0.2) is 0 Å². The van der Waals surface area contributed by atoms with Crippen molar-refractivity contribution >= 4 is 5.69 Å². The second-order valence-corrected chi connectivity index (χ2v) is 4.76. The van der Waals surface area contributed by atoms with Crippen LogP contribution in [0.15, 0.2) is 24.3 Å². The number of hydrogen-bond acceptors (Lipinski definition) is 2. The highest BCUT2D eigenvalue weighted by Crippen LogP contribution is 2.12. The van der Waals surface area contributed by atoms with Crippen molar-refractivity contribution < 1.29 is 4.74 Å². The molecule has 0 bridgehead atoms. The molecule has 0 spiro atoms. The third-order valence-corrected chi connectivity index (χ3v) is 2.63. The van der Waals surface area contributed by atoms with Gasteiger partial charge in [-0.05, 0) is 37.3 Å². The minimum absolute atomic E-state index is 0.338. The molecule has 90 valence electrons. The first-order chi connectivity index (χ1) is 7.59. The molecule has 0 radical (unpaired) electrons. The van der Waals surface area contributed by atoms with Crippen LogP contribution >= 0.6 is 0 Å². The molecule has 1 unspecified atom stereocenters. The molecule has 1 atom stereocenters. The normalized spacial score (nSPS) is 13.0. The predicted molar refractivity (Wildman–Crippen MR) is 69.4 cm³/mol. The molecular weight excluding hydrogens is 198 g/mol. The van der Waals surface area contributed by atoms with Gasteiger partial charge in [-0.2, -0.15) is 0 Å². The maximum Gasteiger partial charge on any atom is 0.0549 e. The lowest BCUT2D eigenvalue weighted by Crippen LogP contribution is -2.13. The van der Waals surface area contributed by atoms with Crippen molar-refractivity contribution in [1.82, 2.24) is 0 Å². The smallest absolute Gasteiger partial charge is 0.0549 e. The maximum atomic E-state index is 5.86. The van der Waals surface area contributed by atoms with Crippen LogP contribution in [-0.4, -0.2) is 12.7 Å². The van der Waals surface area contributed by atoms with E-state index in [9.17, 15) is 0 Å².